The lowest BCUT2D eigenvalue weighted by Crippen LogP contribution is -2.16. The Balaban J connectivity index is 1.72. The van der Waals surface area contributed by atoms with Gasteiger partial charge >= 0.3 is 0 Å². The van der Waals surface area contributed by atoms with E-state index >= 15 is 0 Å². The number of nitrogens with one attached hydrogen (secondary N) is 1. The number of fused-ring (bicyclic) bond motifs is 1. The first-order valence-electron chi connectivity index (χ1n) is 7.08. The zero-order valence-corrected chi connectivity index (χ0v) is 11.8. The summed E-state index contributed by atoms with van der Waals surface area (Å²) >= 11 is 0. The van der Waals surface area contributed by atoms with E-state index in [1.165, 1.54) is 11.1 Å². The summed E-state index contributed by atoms with van der Waals surface area (Å²) in [6, 6.07) is 7.63. The maximum atomic E-state index is 13.5. The molecule has 0 atom stereocenters. The van der Waals surface area contributed by atoms with Crippen LogP contribution in [0.15, 0.2) is 30.3 Å². The highest BCUT2D eigenvalue weighted by molar-refractivity contribution is 5.92. The van der Waals surface area contributed by atoms with Crippen LogP contribution in [0.4, 0.5) is 18.9 Å². The SMILES string of the molecule is O=C(Cc1ccc2c(c1)CCC2)Nc1ccc(F)c(F)c1F. The van der Waals surface area contributed by atoms with Gasteiger partial charge < -0.3 is 5.32 Å². The topological polar surface area (TPSA) is 29.1 Å². The molecule has 22 heavy (non-hydrogen) atoms. The molecule has 3 rings (SSSR count). The second-order valence-electron chi connectivity index (χ2n) is 5.40. The fourth-order valence-corrected chi connectivity index (χ4v) is 2.74. The molecular formula is C17H14F3NO. The number of anilines is 1. The Hall–Kier alpha value is -2.30. The van der Waals surface area contributed by atoms with Crippen molar-refractivity contribution < 1.29 is 18.0 Å². The molecule has 0 heterocycles. The summed E-state index contributed by atoms with van der Waals surface area (Å²) in [7, 11) is 0. The molecule has 114 valence electrons. The fourth-order valence-electron chi connectivity index (χ4n) is 2.74. The maximum Gasteiger partial charge on any atom is 0.228 e. The van der Waals surface area contributed by atoms with E-state index < -0.39 is 23.4 Å². The minimum atomic E-state index is -1.59. The molecule has 0 aromatic heterocycles. The van der Waals surface area contributed by atoms with Gasteiger partial charge in [0.25, 0.3) is 0 Å². The number of carbonyl (C=O) groups is 1. The number of halogens is 3. The van der Waals surface area contributed by atoms with E-state index in [2.05, 4.69) is 5.32 Å². The predicted molar refractivity (Wildman–Crippen MR) is 77.1 cm³/mol. The molecule has 0 fully saturated rings. The van der Waals surface area contributed by atoms with Crippen molar-refractivity contribution in [3.8, 4) is 0 Å². The number of hydrogen-bond donors (Lipinski definition) is 1. The summed E-state index contributed by atoms with van der Waals surface area (Å²) < 4.78 is 39.5. The van der Waals surface area contributed by atoms with E-state index in [9.17, 15) is 18.0 Å². The molecule has 0 saturated heterocycles. The standard InChI is InChI=1S/C17H14F3NO/c18-13-6-7-14(17(20)16(13)19)21-15(22)9-10-4-5-11-2-1-3-12(11)8-10/h4-8H,1-3,9H2,(H,21,22). The van der Waals surface area contributed by atoms with Crippen LogP contribution in [0.1, 0.15) is 23.1 Å². The van der Waals surface area contributed by atoms with Gasteiger partial charge in [0.15, 0.2) is 17.5 Å². The number of hydrogen-bond acceptors (Lipinski definition) is 1. The Morgan fingerprint density at radius 3 is 2.59 bits per heavy atom. The zero-order valence-electron chi connectivity index (χ0n) is 11.8. The first-order chi connectivity index (χ1) is 10.5. The molecule has 0 radical (unpaired) electrons. The van der Waals surface area contributed by atoms with Crippen LogP contribution in [-0.2, 0) is 24.1 Å². The van der Waals surface area contributed by atoms with Crippen LogP contribution in [0.3, 0.4) is 0 Å². The predicted octanol–water partition coefficient (Wildman–Crippen LogP) is 3.77. The highest BCUT2D eigenvalue weighted by Gasteiger charge is 2.16. The lowest BCUT2D eigenvalue weighted by Gasteiger charge is -2.08. The molecule has 1 aliphatic carbocycles. The van der Waals surface area contributed by atoms with Crippen molar-refractivity contribution in [1.29, 1.82) is 0 Å². The van der Waals surface area contributed by atoms with Gasteiger partial charge in [0.05, 0.1) is 12.1 Å². The third kappa shape index (κ3) is 2.84. The summed E-state index contributed by atoms with van der Waals surface area (Å²) in [5.41, 5.74) is 3.01. The monoisotopic (exact) mass is 305 g/mol. The summed E-state index contributed by atoms with van der Waals surface area (Å²) in [4.78, 5) is 11.9. The fraction of sp³-hybridized carbons (Fsp3) is 0.235. The van der Waals surface area contributed by atoms with Gasteiger partial charge in [-0.05, 0) is 48.1 Å². The van der Waals surface area contributed by atoms with Crippen molar-refractivity contribution in [3.63, 3.8) is 0 Å². The molecular weight excluding hydrogens is 291 g/mol. The average Bonchev–Trinajstić information content (AvgIpc) is 2.95. The molecule has 0 unspecified atom stereocenters. The summed E-state index contributed by atoms with van der Waals surface area (Å²) in [6.07, 6.45) is 3.24. The largest absolute Gasteiger partial charge is 0.323 e. The van der Waals surface area contributed by atoms with Crippen molar-refractivity contribution in [3.05, 3.63) is 64.5 Å². The highest BCUT2D eigenvalue weighted by Crippen LogP contribution is 2.23. The first-order valence-corrected chi connectivity index (χ1v) is 7.08. The van der Waals surface area contributed by atoms with Gasteiger partial charge in [-0.1, -0.05) is 18.2 Å². The third-order valence-corrected chi connectivity index (χ3v) is 3.84. The van der Waals surface area contributed by atoms with E-state index in [4.69, 9.17) is 0 Å². The maximum absolute atomic E-state index is 13.5. The van der Waals surface area contributed by atoms with Gasteiger partial charge in [-0.3, -0.25) is 4.79 Å². The van der Waals surface area contributed by atoms with Crippen LogP contribution in [0, 0.1) is 17.5 Å². The molecule has 1 amide bonds. The second-order valence-corrected chi connectivity index (χ2v) is 5.40. The Morgan fingerprint density at radius 1 is 1.00 bits per heavy atom. The van der Waals surface area contributed by atoms with Crippen LogP contribution in [0.5, 0.6) is 0 Å². The average molecular weight is 305 g/mol. The van der Waals surface area contributed by atoms with Gasteiger partial charge in [-0.25, -0.2) is 13.2 Å². The van der Waals surface area contributed by atoms with E-state index in [0.717, 1.165) is 37.0 Å². The number of benzene rings is 2. The van der Waals surface area contributed by atoms with Gasteiger partial charge in [-0.2, -0.15) is 0 Å². The van der Waals surface area contributed by atoms with E-state index in [1.54, 1.807) is 0 Å². The highest BCUT2D eigenvalue weighted by atomic mass is 19.2. The molecule has 0 saturated carbocycles. The van der Waals surface area contributed by atoms with Crippen molar-refractivity contribution in [2.45, 2.75) is 25.7 Å². The number of carbonyl (C=O) groups excluding carboxylic acids is 1. The van der Waals surface area contributed by atoms with E-state index in [0.29, 0.717) is 0 Å². The minimum Gasteiger partial charge on any atom is -0.323 e. The summed E-state index contributed by atoms with van der Waals surface area (Å²) in [5, 5.41) is 2.27. The molecule has 2 nitrogen and oxygen atoms in total. The van der Waals surface area contributed by atoms with Crippen LogP contribution in [0.25, 0.3) is 0 Å². The molecule has 2 aromatic carbocycles. The quantitative estimate of drug-likeness (QED) is 0.859. The van der Waals surface area contributed by atoms with Crippen molar-refractivity contribution in [2.75, 3.05) is 5.32 Å². The molecule has 5 heteroatoms. The molecule has 0 spiro atoms. The number of amides is 1. The van der Waals surface area contributed by atoms with Gasteiger partial charge in [-0.15, -0.1) is 0 Å². The molecule has 1 aliphatic rings. The molecule has 0 bridgehead atoms. The smallest absolute Gasteiger partial charge is 0.228 e. The Kier molecular flexibility index (Phi) is 3.88. The van der Waals surface area contributed by atoms with Gasteiger partial charge in [0.1, 0.15) is 0 Å². The van der Waals surface area contributed by atoms with Crippen molar-refractivity contribution >= 4 is 11.6 Å². The lowest BCUT2D eigenvalue weighted by molar-refractivity contribution is -0.115. The molecule has 0 aliphatic heterocycles. The lowest BCUT2D eigenvalue weighted by atomic mass is 10.0. The summed E-state index contributed by atoms with van der Waals surface area (Å²) in [5.74, 6) is -4.73. The Morgan fingerprint density at radius 2 is 1.77 bits per heavy atom. The van der Waals surface area contributed by atoms with Crippen molar-refractivity contribution in [2.24, 2.45) is 0 Å². The first kappa shape index (κ1) is 14.6. The van der Waals surface area contributed by atoms with E-state index in [-0.39, 0.29) is 12.1 Å². The van der Waals surface area contributed by atoms with Crippen LogP contribution < -0.4 is 5.32 Å². The number of aryl methyl sites for hydroxylation is 2. The molecule has 1 N–H and O–H groups in total. The second kappa shape index (κ2) is 5.83. The van der Waals surface area contributed by atoms with E-state index in [1.807, 2.05) is 18.2 Å². The van der Waals surface area contributed by atoms with Gasteiger partial charge in [0, 0.05) is 0 Å². The van der Waals surface area contributed by atoms with Gasteiger partial charge in [0.2, 0.25) is 5.91 Å². The molecule has 2 aromatic rings. The normalized spacial score (nSPS) is 13.0. The third-order valence-electron chi connectivity index (χ3n) is 3.84. The number of rotatable bonds is 3. The van der Waals surface area contributed by atoms with Crippen LogP contribution in [0.2, 0.25) is 0 Å². The van der Waals surface area contributed by atoms with Crippen molar-refractivity contribution in [1.82, 2.24) is 0 Å². The summed E-state index contributed by atoms with van der Waals surface area (Å²) in [6.45, 7) is 0. The zero-order chi connectivity index (χ0) is 15.7. The Bertz CT molecular complexity index is 743. The Labute approximate surface area is 126 Å². The van der Waals surface area contributed by atoms with Crippen LogP contribution >= 0.6 is 0 Å². The van der Waals surface area contributed by atoms with Crippen LogP contribution in [-0.4, -0.2) is 5.91 Å². The minimum absolute atomic E-state index is 0.0612.